The molecule has 0 radical (unpaired) electrons. The molecule has 0 aromatic heterocycles. The summed E-state index contributed by atoms with van der Waals surface area (Å²) < 4.78 is 5.39. The zero-order chi connectivity index (χ0) is 16.3. The van der Waals surface area contributed by atoms with E-state index in [1.54, 1.807) is 0 Å². The van der Waals surface area contributed by atoms with Crippen LogP contribution in [-0.2, 0) is 14.3 Å². The molecule has 0 aromatic rings. The first-order valence-electron chi connectivity index (χ1n) is 9.60. The number of carbonyl (C=O) groups excluding carboxylic acids is 2. The van der Waals surface area contributed by atoms with Crippen LogP contribution in [0.3, 0.4) is 0 Å². The smallest absolute Gasteiger partial charge is 0.227 e. The Balaban J connectivity index is 1.14. The molecular weight excluding hydrogens is 306 g/mol. The number of hydrogen-bond acceptors (Lipinski definition) is 4. The van der Waals surface area contributed by atoms with Crippen molar-refractivity contribution in [2.75, 3.05) is 59.0 Å². The second-order valence-corrected chi connectivity index (χ2v) is 8.33. The number of hydrogen-bond donors (Lipinski definition) is 0. The van der Waals surface area contributed by atoms with Gasteiger partial charge in [-0.25, -0.2) is 0 Å². The molecule has 5 fully saturated rings. The Morgan fingerprint density at radius 1 is 1.04 bits per heavy atom. The Hall–Kier alpha value is -1.14. The minimum Gasteiger partial charge on any atom is -0.381 e. The van der Waals surface area contributed by atoms with Gasteiger partial charge in [0, 0.05) is 44.6 Å². The van der Waals surface area contributed by atoms with Gasteiger partial charge in [0.2, 0.25) is 11.8 Å². The van der Waals surface area contributed by atoms with Gasteiger partial charge in [0.1, 0.15) is 0 Å². The van der Waals surface area contributed by atoms with Crippen molar-refractivity contribution in [2.45, 2.75) is 12.8 Å². The summed E-state index contributed by atoms with van der Waals surface area (Å²) in [5.41, 5.74) is 0. The van der Waals surface area contributed by atoms with Gasteiger partial charge >= 0.3 is 0 Å². The van der Waals surface area contributed by atoms with E-state index >= 15 is 0 Å². The zero-order valence-electron chi connectivity index (χ0n) is 14.2. The molecule has 0 spiro atoms. The molecule has 0 aromatic carbocycles. The lowest BCUT2D eigenvalue weighted by Gasteiger charge is -2.24. The fraction of sp³-hybridized carbons (Fsp3) is 0.889. The fourth-order valence-electron chi connectivity index (χ4n) is 5.41. The van der Waals surface area contributed by atoms with E-state index in [0.29, 0.717) is 30.2 Å². The molecule has 6 nitrogen and oxygen atoms in total. The molecule has 132 valence electrons. The van der Waals surface area contributed by atoms with E-state index in [2.05, 4.69) is 9.80 Å². The third-order valence-electron chi connectivity index (χ3n) is 6.96. The maximum atomic E-state index is 12.7. The molecule has 4 aliphatic heterocycles. The van der Waals surface area contributed by atoms with Gasteiger partial charge in [-0.15, -0.1) is 0 Å². The van der Waals surface area contributed by atoms with Crippen molar-refractivity contribution in [3.05, 3.63) is 0 Å². The van der Waals surface area contributed by atoms with Crippen LogP contribution in [-0.4, -0.2) is 85.5 Å². The Kier molecular flexibility index (Phi) is 3.59. The number of fused-ring (bicyclic) bond motifs is 2. The highest BCUT2D eigenvalue weighted by Gasteiger charge is 2.60. The lowest BCUT2D eigenvalue weighted by molar-refractivity contribution is -0.135. The lowest BCUT2D eigenvalue weighted by atomic mass is 10.0. The van der Waals surface area contributed by atoms with Crippen LogP contribution in [0.25, 0.3) is 0 Å². The molecular formula is C18H27N3O3. The molecule has 5 aliphatic rings. The Labute approximate surface area is 143 Å². The van der Waals surface area contributed by atoms with Crippen LogP contribution in [0.4, 0.5) is 0 Å². The van der Waals surface area contributed by atoms with Gasteiger partial charge in [0.25, 0.3) is 0 Å². The van der Waals surface area contributed by atoms with Crippen LogP contribution >= 0.6 is 0 Å². The molecule has 1 unspecified atom stereocenters. The van der Waals surface area contributed by atoms with Crippen LogP contribution in [0, 0.1) is 29.6 Å². The van der Waals surface area contributed by atoms with Gasteiger partial charge < -0.3 is 19.4 Å². The summed E-state index contributed by atoms with van der Waals surface area (Å²) in [7, 11) is 0. The van der Waals surface area contributed by atoms with E-state index in [4.69, 9.17) is 4.74 Å². The van der Waals surface area contributed by atoms with E-state index in [9.17, 15) is 9.59 Å². The Morgan fingerprint density at radius 3 is 2.50 bits per heavy atom. The number of carbonyl (C=O) groups is 2. The van der Waals surface area contributed by atoms with E-state index in [1.807, 2.05) is 4.90 Å². The number of ether oxygens (including phenoxy) is 1. The normalized spacial score (nSPS) is 41.2. The number of likely N-dealkylation sites (tertiary alicyclic amines) is 3. The lowest BCUT2D eigenvalue weighted by Crippen LogP contribution is -2.39. The van der Waals surface area contributed by atoms with Crippen molar-refractivity contribution in [1.82, 2.24) is 14.7 Å². The first-order chi connectivity index (χ1) is 11.7. The maximum Gasteiger partial charge on any atom is 0.227 e. The molecule has 0 N–H and O–H groups in total. The number of rotatable bonds is 4. The maximum absolute atomic E-state index is 12.7. The predicted octanol–water partition coefficient (Wildman–Crippen LogP) is -0.109. The molecule has 0 bridgehead atoms. The van der Waals surface area contributed by atoms with Crippen LogP contribution in [0.15, 0.2) is 0 Å². The highest BCUT2D eigenvalue weighted by molar-refractivity contribution is 5.86. The van der Waals surface area contributed by atoms with Crippen LogP contribution in [0.2, 0.25) is 0 Å². The summed E-state index contributed by atoms with van der Waals surface area (Å²) in [6.45, 7) is 8.04. The average Bonchev–Trinajstić information content (AvgIpc) is 3.13. The van der Waals surface area contributed by atoms with E-state index in [0.717, 1.165) is 39.4 Å². The minimum atomic E-state index is 0.0577. The summed E-state index contributed by atoms with van der Waals surface area (Å²) in [5, 5.41) is 0. The molecule has 24 heavy (non-hydrogen) atoms. The van der Waals surface area contributed by atoms with E-state index in [-0.39, 0.29) is 17.7 Å². The van der Waals surface area contributed by atoms with Gasteiger partial charge in [-0.05, 0) is 37.8 Å². The Bertz CT molecular complexity index is 538. The quantitative estimate of drug-likeness (QED) is 0.720. The van der Waals surface area contributed by atoms with Crippen molar-refractivity contribution in [2.24, 2.45) is 29.6 Å². The minimum absolute atomic E-state index is 0.0577. The molecule has 4 heterocycles. The molecule has 4 saturated heterocycles. The zero-order valence-corrected chi connectivity index (χ0v) is 14.2. The van der Waals surface area contributed by atoms with Gasteiger partial charge in [-0.1, -0.05) is 0 Å². The van der Waals surface area contributed by atoms with Crippen molar-refractivity contribution in [3.8, 4) is 0 Å². The first-order valence-corrected chi connectivity index (χ1v) is 9.60. The summed E-state index contributed by atoms with van der Waals surface area (Å²) >= 11 is 0. The van der Waals surface area contributed by atoms with Crippen molar-refractivity contribution >= 4 is 11.8 Å². The second-order valence-electron chi connectivity index (χ2n) is 8.33. The summed E-state index contributed by atoms with van der Waals surface area (Å²) in [6.07, 6.45) is 2.59. The van der Waals surface area contributed by atoms with Crippen LogP contribution < -0.4 is 0 Å². The van der Waals surface area contributed by atoms with Gasteiger partial charge in [0.05, 0.1) is 19.1 Å². The predicted molar refractivity (Wildman–Crippen MR) is 87.1 cm³/mol. The molecule has 1 saturated carbocycles. The van der Waals surface area contributed by atoms with Crippen molar-refractivity contribution in [3.63, 3.8) is 0 Å². The third kappa shape index (κ3) is 2.37. The second kappa shape index (κ2) is 5.70. The molecule has 5 rings (SSSR count). The first kappa shape index (κ1) is 15.1. The highest BCUT2D eigenvalue weighted by atomic mass is 16.5. The monoisotopic (exact) mass is 333 g/mol. The fourth-order valence-corrected chi connectivity index (χ4v) is 5.41. The Morgan fingerprint density at radius 2 is 1.79 bits per heavy atom. The van der Waals surface area contributed by atoms with Gasteiger partial charge in [0.15, 0.2) is 0 Å². The summed E-state index contributed by atoms with van der Waals surface area (Å²) in [6, 6.07) is 0. The summed E-state index contributed by atoms with van der Waals surface area (Å²) in [4.78, 5) is 31.9. The topological polar surface area (TPSA) is 53.1 Å². The SMILES string of the molecule is O=C(C1[C@H]2COC[C@@H]12)N1C[C@H]2CN(CCN3CCCC3)C(=O)[C@H]2C1. The van der Waals surface area contributed by atoms with Gasteiger partial charge in [-0.3, -0.25) is 9.59 Å². The van der Waals surface area contributed by atoms with Crippen molar-refractivity contribution in [1.29, 1.82) is 0 Å². The number of amides is 2. The van der Waals surface area contributed by atoms with Gasteiger partial charge in [-0.2, -0.15) is 0 Å². The highest BCUT2D eigenvalue weighted by Crippen LogP contribution is 2.52. The number of nitrogens with zero attached hydrogens (tertiary/aromatic N) is 3. The van der Waals surface area contributed by atoms with E-state index < -0.39 is 0 Å². The third-order valence-corrected chi connectivity index (χ3v) is 6.96. The molecule has 1 aliphatic carbocycles. The molecule has 2 amide bonds. The summed E-state index contributed by atoms with van der Waals surface area (Å²) in [5.74, 6) is 2.11. The average molecular weight is 333 g/mol. The standard InChI is InChI=1S/C18H27N3O3/c22-17-13-9-21(18(23)16-14-10-24-11-15(14)16)8-12(13)7-20(17)6-5-19-3-1-2-4-19/h12-16H,1-11H2/t12-,13+,14-,15+,16?/m1/s1. The van der Waals surface area contributed by atoms with E-state index in [1.165, 1.54) is 25.9 Å². The molecule has 5 atom stereocenters. The van der Waals surface area contributed by atoms with Crippen LogP contribution in [0.1, 0.15) is 12.8 Å². The van der Waals surface area contributed by atoms with Crippen LogP contribution in [0.5, 0.6) is 0 Å². The molecule has 6 heteroatoms. The largest absolute Gasteiger partial charge is 0.381 e. The van der Waals surface area contributed by atoms with Crippen molar-refractivity contribution < 1.29 is 14.3 Å².